The fourth-order valence-corrected chi connectivity index (χ4v) is 9.39. The summed E-state index contributed by atoms with van der Waals surface area (Å²) in [5.74, 6) is 0.943. The van der Waals surface area contributed by atoms with Crippen LogP contribution in [-0.4, -0.2) is 9.55 Å². The number of hydrogen-bond donors (Lipinski definition) is 0. The number of rotatable bonds is 4. The minimum atomic E-state index is 0.943. The fourth-order valence-electron chi connectivity index (χ4n) is 8.21. The zero-order valence-electron chi connectivity index (χ0n) is 28.1. The van der Waals surface area contributed by atoms with Crippen LogP contribution in [0.1, 0.15) is 0 Å². The standard InChI is InChI=1S/C49H30N2S/c1-2-12-32(13-3-1)49-50-43-20-10-11-21-44(43)51(49)36-25-22-31(23-26-36)47-38-16-6-8-18-40(38)48(41-19-9-7-17-39(41)47)35-24-27-37-42-28-33-14-4-5-15-34(33)29-46(42)52-45(37)30-35/h1-30H. The van der Waals surface area contributed by atoms with E-state index >= 15 is 0 Å². The van der Waals surface area contributed by atoms with Crippen molar-refractivity contribution in [3.05, 3.63) is 182 Å². The molecule has 0 aliphatic heterocycles. The van der Waals surface area contributed by atoms with Crippen LogP contribution in [0.25, 0.3) is 103 Å². The number of imidazole rings is 1. The van der Waals surface area contributed by atoms with Crippen molar-refractivity contribution < 1.29 is 0 Å². The first-order valence-corrected chi connectivity index (χ1v) is 18.5. The molecule has 0 N–H and O–H groups in total. The molecule has 0 spiro atoms. The first-order valence-electron chi connectivity index (χ1n) is 17.7. The van der Waals surface area contributed by atoms with E-state index in [4.69, 9.17) is 4.98 Å². The predicted molar refractivity (Wildman–Crippen MR) is 223 cm³/mol. The molecule has 3 heteroatoms. The number of thiophene rings is 1. The third kappa shape index (κ3) is 4.46. The van der Waals surface area contributed by atoms with Crippen molar-refractivity contribution in [2.24, 2.45) is 0 Å². The summed E-state index contributed by atoms with van der Waals surface area (Å²) in [5, 5.41) is 10.3. The molecule has 11 rings (SSSR count). The van der Waals surface area contributed by atoms with Crippen molar-refractivity contribution in [1.82, 2.24) is 9.55 Å². The molecule has 0 unspecified atom stereocenters. The molecule has 2 nitrogen and oxygen atoms in total. The number of nitrogens with zero attached hydrogens (tertiary/aromatic N) is 2. The minimum absolute atomic E-state index is 0.943. The molecule has 0 aliphatic rings. The monoisotopic (exact) mass is 678 g/mol. The van der Waals surface area contributed by atoms with E-state index in [0.717, 1.165) is 28.1 Å². The van der Waals surface area contributed by atoms with Gasteiger partial charge in [0.25, 0.3) is 0 Å². The lowest BCUT2D eigenvalue weighted by atomic mass is 9.86. The SMILES string of the molecule is c1ccc(-c2nc3ccccc3n2-c2ccc(-c3c4ccccc4c(-c4ccc5c(c4)sc4cc6ccccc6cc45)c4ccccc34)cc2)cc1. The Labute approximate surface area is 304 Å². The molecule has 0 bridgehead atoms. The van der Waals surface area contributed by atoms with Gasteiger partial charge in [-0.1, -0.05) is 140 Å². The van der Waals surface area contributed by atoms with Crippen LogP contribution < -0.4 is 0 Å². The highest BCUT2D eigenvalue weighted by Crippen LogP contribution is 2.46. The van der Waals surface area contributed by atoms with E-state index in [1.165, 1.54) is 74.7 Å². The number of hydrogen-bond acceptors (Lipinski definition) is 2. The molecule has 0 atom stereocenters. The van der Waals surface area contributed by atoms with Gasteiger partial charge in [0.15, 0.2) is 0 Å². The molecule has 52 heavy (non-hydrogen) atoms. The molecule has 0 saturated heterocycles. The summed E-state index contributed by atoms with van der Waals surface area (Å²) in [6, 6.07) is 66.2. The highest BCUT2D eigenvalue weighted by molar-refractivity contribution is 7.25. The largest absolute Gasteiger partial charge is 0.292 e. The maximum Gasteiger partial charge on any atom is 0.145 e. The third-order valence-corrected chi connectivity index (χ3v) is 11.7. The Hall–Kier alpha value is -6.55. The average molecular weight is 679 g/mol. The Morgan fingerprint density at radius 2 is 0.942 bits per heavy atom. The second-order valence-corrected chi connectivity index (χ2v) is 14.6. The van der Waals surface area contributed by atoms with Gasteiger partial charge in [-0.15, -0.1) is 11.3 Å². The van der Waals surface area contributed by atoms with E-state index in [-0.39, 0.29) is 0 Å². The maximum atomic E-state index is 5.07. The summed E-state index contributed by atoms with van der Waals surface area (Å²) >= 11 is 1.89. The average Bonchev–Trinajstić information content (AvgIpc) is 3.77. The van der Waals surface area contributed by atoms with Crippen LogP contribution in [-0.2, 0) is 0 Å². The summed E-state index contributed by atoms with van der Waals surface area (Å²) in [6.45, 7) is 0. The molecular weight excluding hydrogens is 649 g/mol. The maximum absolute atomic E-state index is 5.07. The lowest BCUT2D eigenvalue weighted by Crippen LogP contribution is -1.97. The van der Waals surface area contributed by atoms with E-state index in [2.05, 4.69) is 187 Å². The Morgan fingerprint density at radius 3 is 1.65 bits per heavy atom. The zero-order valence-corrected chi connectivity index (χ0v) is 28.9. The van der Waals surface area contributed by atoms with Crippen molar-refractivity contribution in [3.8, 4) is 39.3 Å². The molecule has 2 heterocycles. The van der Waals surface area contributed by atoms with Gasteiger partial charge in [0, 0.05) is 31.4 Å². The Bertz CT molecular complexity index is 3110. The third-order valence-electron chi connectivity index (χ3n) is 10.6. The van der Waals surface area contributed by atoms with Gasteiger partial charge < -0.3 is 0 Å². The lowest BCUT2D eigenvalue weighted by molar-refractivity contribution is 1.10. The smallest absolute Gasteiger partial charge is 0.145 e. The van der Waals surface area contributed by atoms with Crippen LogP contribution in [0, 0.1) is 0 Å². The van der Waals surface area contributed by atoms with E-state index in [0.29, 0.717) is 0 Å². The Balaban J connectivity index is 1.09. The van der Waals surface area contributed by atoms with Crippen LogP contribution in [0.2, 0.25) is 0 Å². The first-order chi connectivity index (χ1) is 25.8. The van der Waals surface area contributed by atoms with Gasteiger partial charge in [0.2, 0.25) is 0 Å². The summed E-state index contributed by atoms with van der Waals surface area (Å²) in [4.78, 5) is 5.07. The van der Waals surface area contributed by atoms with Crippen molar-refractivity contribution in [2.45, 2.75) is 0 Å². The lowest BCUT2D eigenvalue weighted by Gasteiger charge is -2.18. The van der Waals surface area contributed by atoms with Crippen molar-refractivity contribution in [1.29, 1.82) is 0 Å². The predicted octanol–water partition coefficient (Wildman–Crippen LogP) is 13.9. The number of para-hydroxylation sites is 2. The quantitative estimate of drug-likeness (QED) is 0.169. The molecule has 0 saturated carbocycles. The molecule has 2 aromatic heterocycles. The molecule has 0 amide bonds. The number of fused-ring (bicyclic) bond motifs is 7. The van der Waals surface area contributed by atoms with Crippen molar-refractivity contribution >= 4 is 74.9 Å². The normalized spacial score (nSPS) is 11.8. The van der Waals surface area contributed by atoms with Gasteiger partial charge in [-0.25, -0.2) is 4.98 Å². The van der Waals surface area contributed by atoms with Gasteiger partial charge >= 0.3 is 0 Å². The van der Waals surface area contributed by atoms with Crippen LogP contribution in [0.3, 0.4) is 0 Å². The highest BCUT2D eigenvalue weighted by Gasteiger charge is 2.19. The van der Waals surface area contributed by atoms with Crippen LogP contribution in [0.4, 0.5) is 0 Å². The summed E-state index contributed by atoms with van der Waals surface area (Å²) in [6.07, 6.45) is 0. The van der Waals surface area contributed by atoms with Gasteiger partial charge in [0.1, 0.15) is 5.82 Å². The minimum Gasteiger partial charge on any atom is -0.292 e. The molecule has 0 aliphatic carbocycles. The second kappa shape index (κ2) is 11.5. The van der Waals surface area contributed by atoms with Gasteiger partial charge in [-0.3, -0.25) is 4.57 Å². The van der Waals surface area contributed by atoms with Crippen LogP contribution in [0.15, 0.2) is 182 Å². The summed E-state index contributed by atoms with van der Waals surface area (Å²) in [7, 11) is 0. The fraction of sp³-hybridized carbons (Fsp3) is 0. The van der Waals surface area contributed by atoms with E-state index < -0.39 is 0 Å². The molecule has 242 valence electrons. The van der Waals surface area contributed by atoms with E-state index in [9.17, 15) is 0 Å². The van der Waals surface area contributed by atoms with Gasteiger partial charge in [0.05, 0.1) is 11.0 Å². The molecule has 11 aromatic rings. The molecule has 0 fully saturated rings. The first kappa shape index (κ1) is 29.2. The Kier molecular flexibility index (Phi) is 6.46. The summed E-state index contributed by atoms with van der Waals surface area (Å²) < 4.78 is 4.93. The van der Waals surface area contributed by atoms with Crippen molar-refractivity contribution in [3.63, 3.8) is 0 Å². The van der Waals surface area contributed by atoms with Crippen LogP contribution in [0.5, 0.6) is 0 Å². The van der Waals surface area contributed by atoms with Gasteiger partial charge in [-0.05, 0) is 97.0 Å². The molecule has 9 aromatic carbocycles. The highest BCUT2D eigenvalue weighted by atomic mass is 32.1. The van der Waals surface area contributed by atoms with E-state index in [1.807, 2.05) is 11.3 Å². The zero-order chi connectivity index (χ0) is 34.2. The number of aromatic nitrogens is 2. The van der Waals surface area contributed by atoms with E-state index in [1.54, 1.807) is 0 Å². The molecule has 0 radical (unpaired) electrons. The second-order valence-electron chi connectivity index (χ2n) is 13.5. The van der Waals surface area contributed by atoms with Gasteiger partial charge in [-0.2, -0.15) is 0 Å². The topological polar surface area (TPSA) is 17.8 Å². The number of benzene rings is 9. The van der Waals surface area contributed by atoms with Crippen LogP contribution >= 0.6 is 11.3 Å². The summed E-state index contributed by atoms with van der Waals surface area (Å²) in [5.41, 5.74) is 9.25. The van der Waals surface area contributed by atoms with Crippen molar-refractivity contribution in [2.75, 3.05) is 0 Å². The Morgan fingerprint density at radius 1 is 0.385 bits per heavy atom. The molecular formula is C49H30N2S.